The SMILES string of the molecule is O=CCNc1ccc(Cl)cc1C(F)(F)F. The summed E-state index contributed by atoms with van der Waals surface area (Å²) in [5.41, 5.74) is -1.03. The van der Waals surface area contributed by atoms with Gasteiger partial charge >= 0.3 is 6.18 Å². The summed E-state index contributed by atoms with van der Waals surface area (Å²) in [7, 11) is 0. The van der Waals surface area contributed by atoms with Crippen LogP contribution in [0.5, 0.6) is 0 Å². The first-order valence-electron chi connectivity index (χ1n) is 3.99. The minimum Gasteiger partial charge on any atom is -0.378 e. The van der Waals surface area contributed by atoms with Crippen molar-refractivity contribution in [2.24, 2.45) is 0 Å². The molecule has 0 unspecified atom stereocenters. The zero-order valence-electron chi connectivity index (χ0n) is 7.44. The Morgan fingerprint density at radius 2 is 2.07 bits per heavy atom. The van der Waals surface area contributed by atoms with Crippen LogP contribution in [0.25, 0.3) is 0 Å². The fraction of sp³-hybridized carbons (Fsp3) is 0.222. The highest BCUT2D eigenvalue weighted by molar-refractivity contribution is 6.30. The van der Waals surface area contributed by atoms with Crippen LogP contribution in [-0.2, 0) is 11.0 Å². The molecule has 0 aliphatic heterocycles. The summed E-state index contributed by atoms with van der Waals surface area (Å²) in [6.07, 6.45) is -4.01. The second-order valence-corrected chi connectivity index (χ2v) is 3.17. The first kappa shape index (κ1) is 11.8. The molecule has 0 saturated carbocycles. The molecule has 2 nitrogen and oxygen atoms in total. The van der Waals surface area contributed by atoms with Crippen molar-refractivity contribution in [1.82, 2.24) is 0 Å². The molecule has 0 fully saturated rings. The molecular weight excluding hydrogens is 231 g/mol. The number of hydrogen-bond donors (Lipinski definition) is 1. The van der Waals surface area contributed by atoms with Crippen molar-refractivity contribution in [3.05, 3.63) is 28.8 Å². The van der Waals surface area contributed by atoms with E-state index < -0.39 is 11.7 Å². The smallest absolute Gasteiger partial charge is 0.378 e. The maximum absolute atomic E-state index is 12.5. The highest BCUT2D eigenvalue weighted by Crippen LogP contribution is 2.36. The summed E-state index contributed by atoms with van der Waals surface area (Å²) in [4.78, 5) is 10.0. The van der Waals surface area contributed by atoms with E-state index in [1.54, 1.807) is 0 Å². The van der Waals surface area contributed by atoms with Crippen LogP contribution in [0.3, 0.4) is 0 Å². The molecule has 1 rings (SSSR count). The molecule has 0 amide bonds. The van der Waals surface area contributed by atoms with Gasteiger partial charge in [0.05, 0.1) is 12.1 Å². The lowest BCUT2D eigenvalue weighted by Crippen LogP contribution is -2.12. The van der Waals surface area contributed by atoms with Crippen molar-refractivity contribution >= 4 is 23.6 Å². The molecule has 0 aliphatic rings. The van der Waals surface area contributed by atoms with Gasteiger partial charge in [-0.2, -0.15) is 13.2 Å². The predicted octanol–water partition coefficient (Wildman–Crippen LogP) is 2.97. The topological polar surface area (TPSA) is 29.1 Å². The number of hydrogen-bond acceptors (Lipinski definition) is 2. The van der Waals surface area contributed by atoms with Crippen LogP contribution in [0, 0.1) is 0 Å². The minimum atomic E-state index is -4.49. The fourth-order valence-corrected chi connectivity index (χ4v) is 1.23. The first-order valence-corrected chi connectivity index (χ1v) is 4.37. The molecule has 0 atom stereocenters. The number of nitrogens with one attached hydrogen (secondary N) is 1. The van der Waals surface area contributed by atoms with Crippen molar-refractivity contribution in [2.45, 2.75) is 6.18 Å². The van der Waals surface area contributed by atoms with E-state index in [9.17, 15) is 18.0 Å². The average Bonchev–Trinajstić information content (AvgIpc) is 2.14. The first-order chi connectivity index (χ1) is 6.95. The number of carbonyl (C=O) groups is 1. The van der Waals surface area contributed by atoms with Crippen LogP contribution in [0.15, 0.2) is 18.2 Å². The standard InChI is InChI=1S/C9H7ClF3NO/c10-6-1-2-8(14-3-4-15)7(5-6)9(11,12)13/h1-2,4-5,14H,3H2. The van der Waals surface area contributed by atoms with Crippen molar-refractivity contribution in [2.75, 3.05) is 11.9 Å². The molecule has 0 bridgehead atoms. The van der Waals surface area contributed by atoms with Gasteiger partial charge in [-0.05, 0) is 18.2 Å². The summed E-state index contributed by atoms with van der Waals surface area (Å²) < 4.78 is 37.4. The number of anilines is 1. The van der Waals surface area contributed by atoms with E-state index in [1.165, 1.54) is 12.1 Å². The van der Waals surface area contributed by atoms with Crippen LogP contribution in [0.1, 0.15) is 5.56 Å². The molecule has 1 aromatic rings. The number of alkyl halides is 3. The van der Waals surface area contributed by atoms with E-state index in [0.29, 0.717) is 6.29 Å². The zero-order valence-corrected chi connectivity index (χ0v) is 8.19. The molecule has 0 aliphatic carbocycles. The van der Waals surface area contributed by atoms with E-state index in [-0.39, 0.29) is 17.3 Å². The zero-order chi connectivity index (χ0) is 11.5. The Balaban J connectivity index is 3.09. The molecule has 82 valence electrons. The molecule has 15 heavy (non-hydrogen) atoms. The highest BCUT2D eigenvalue weighted by atomic mass is 35.5. The van der Waals surface area contributed by atoms with E-state index in [2.05, 4.69) is 5.32 Å². The number of halogens is 4. The molecule has 0 aromatic heterocycles. The Bertz CT molecular complexity index is 365. The second-order valence-electron chi connectivity index (χ2n) is 2.74. The van der Waals surface area contributed by atoms with Gasteiger partial charge in [-0.3, -0.25) is 0 Å². The normalized spacial score (nSPS) is 11.2. The summed E-state index contributed by atoms with van der Waals surface area (Å²) in [5.74, 6) is 0. The third kappa shape index (κ3) is 3.13. The molecule has 0 radical (unpaired) electrons. The Hall–Kier alpha value is -1.23. The average molecular weight is 238 g/mol. The van der Waals surface area contributed by atoms with Crippen LogP contribution in [0.4, 0.5) is 18.9 Å². The number of benzene rings is 1. The third-order valence-corrected chi connectivity index (χ3v) is 1.90. The molecule has 0 saturated heterocycles. The molecule has 1 aromatic carbocycles. The van der Waals surface area contributed by atoms with Gasteiger partial charge in [-0.1, -0.05) is 11.6 Å². The van der Waals surface area contributed by atoms with E-state index in [4.69, 9.17) is 11.6 Å². The van der Waals surface area contributed by atoms with Crippen LogP contribution >= 0.6 is 11.6 Å². The van der Waals surface area contributed by atoms with Crippen molar-refractivity contribution in [3.8, 4) is 0 Å². The Labute approximate surface area is 89.0 Å². The van der Waals surface area contributed by atoms with Gasteiger partial charge in [0.2, 0.25) is 0 Å². The Morgan fingerprint density at radius 3 is 2.60 bits per heavy atom. The summed E-state index contributed by atoms with van der Waals surface area (Å²) in [5, 5.41) is 2.35. The second kappa shape index (κ2) is 4.53. The lowest BCUT2D eigenvalue weighted by Gasteiger charge is -2.13. The van der Waals surface area contributed by atoms with Crippen molar-refractivity contribution in [3.63, 3.8) is 0 Å². The highest BCUT2D eigenvalue weighted by Gasteiger charge is 2.33. The molecule has 6 heteroatoms. The predicted molar refractivity (Wildman–Crippen MR) is 51.0 cm³/mol. The molecular formula is C9H7ClF3NO. The van der Waals surface area contributed by atoms with E-state index in [0.717, 1.165) is 6.07 Å². The lowest BCUT2D eigenvalue weighted by molar-refractivity contribution is -0.137. The van der Waals surface area contributed by atoms with Crippen molar-refractivity contribution < 1.29 is 18.0 Å². The van der Waals surface area contributed by atoms with Gasteiger partial charge in [-0.25, -0.2) is 0 Å². The largest absolute Gasteiger partial charge is 0.418 e. The van der Waals surface area contributed by atoms with Gasteiger partial charge in [0.1, 0.15) is 6.29 Å². The van der Waals surface area contributed by atoms with Gasteiger partial charge in [0.15, 0.2) is 0 Å². The maximum Gasteiger partial charge on any atom is 0.418 e. The number of carbonyl (C=O) groups excluding carboxylic acids is 1. The minimum absolute atomic E-state index is 0.000946. The fourth-order valence-electron chi connectivity index (χ4n) is 1.06. The lowest BCUT2D eigenvalue weighted by atomic mass is 10.1. The maximum atomic E-state index is 12.5. The number of rotatable bonds is 3. The van der Waals surface area contributed by atoms with Crippen LogP contribution < -0.4 is 5.32 Å². The third-order valence-electron chi connectivity index (χ3n) is 1.66. The number of aldehydes is 1. The van der Waals surface area contributed by atoms with E-state index in [1.807, 2.05) is 0 Å². The summed E-state index contributed by atoms with van der Waals surface area (Å²) in [6, 6.07) is 3.33. The summed E-state index contributed by atoms with van der Waals surface area (Å²) >= 11 is 5.46. The van der Waals surface area contributed by atoms with E-state index >= 15 is 0 Å². The van der Waals surface area contributed by atoms with Crippen LogP contribution in [0.2, 0.25) is 5.02 Å². The molecule has 0 spiro atoms. The molecule has 0 heterocycles. The Kier molecular flexibility index (Phi) is 3.57. The Morgan fingerprint density at radius 1 is 1.40 bits per heavy atom. The van der Waals surface area contributed by atoms with Gasteiger partial charge in [-0.15, -0.1) is 0 Å². The van der Waals surface area contributed by atoms with Crippen molar-refractivity contribution in [1.29, 1.82) is 0 Å². The van der Waals surface area contributed by atoms with Gasteiger partial charge < -0.3 is 10.1 Å². The van der Waals surface area contributed by atoms with Gasteiger partial charge in [0, 0.05) is 10.7 Å². The summed E-state index contributed by atoms with van der Waals surface area (Å²) in [6.45, 7) is -0.176. The monoisotopic (exact) mass is 237 g/mol. The quantitative estimate of drug-likeness (QED) is 0.819. The molecule has 1 N–H and O–H groups in total. The van der Waals surface area contributed by atoms with Crippen LogP contribution in [-0.4, -0.2) is 12.8 Å². The van der Waals surface area contributed by atoms with Gasteiger partial charge in [0.25, 0.3) is 0 Å².